The van der Waals surface area contributed by atoms with E-state index >= 15 is 0 Å². The molecule has 1 aromatic carbocycles. The van der Waals surface area contributed by atoms with E-state index in [1.165, 1.54) is 11.3 Å². The highest BCUT2D eigenvalue weighted by Gasteiger charge is 2.22. The molecule has 4 heterocycles. The van der Waals surface area contributed by atoms with Crippen molar-refractivity contribution in [2.75, 3.05) is 24.7 Å². The van der Waals surface area contributed by atoms with Gasteiger partial charge in [0.05, 0.1) is 30.2 Å². The van der Waals surface area contributed by atoms with Crippen molar-refractivity contribution in [1.29, 1.82) is 5.26 Å². The zero-order valence-electron chi connectivity index (χ0n) is 19.5. The third-order valence-electron chi connectivity index (χ3n) is 6.34. The number of benzene rings is 1. The molecule has 7 heteroatoms. The van der Waals surface area contributed by atoms with Gasteiger partial charge in [-0.15, -0.1) is 0 Å². The number of hydrogen-bond donors (Lipinski definition) is 0. The second-order valence-corrected chi connectivity index (χ2v) is 15.5. The number of nitriles is 1. The van der Waals surface area contributed by atoms with Crippen LogP contribution in [0.1, 0.15) is 11.3 Å². The molecule has 0 aliphatic carbocycles. The Kier molecular flexibility index (Phi) is 5.65. The summed E-state index contributed by atoms with van der Waals surface area (Å²) in [7, 11) is -1.11. The second-order valence-electron chi connectivity index (χ2n) is 9.87. The van der Waals surface area contributed by atoms with Crippen LogP contribution in [0, 0.1) is 11.3 Å². The van der Waals surface area contributed by atoms with Gasteiger partial charge in [0.2, 0.25) is 0 Å². The SMILES string of the molecule is C[Si](C)(C)CCOCCn1c2cnc(C#N)cc2c2cc(N3CCc4ccccc43)cnc21. The number of aromatic nitrogens is 3. The summed E-state index contributed by atoms with van der Waals surface area (Å²) in [4.78, 5) is 11.6. The number of anilines is 2. The van der Waals surface area contributed by atoms with Gasteiger partial charge in [0.25, 0.3) is 0 Å². The van der Waals surface area contributed by atoms with E-state index in [-0.39, 0.29) is 0 Å². The molecule has 0 spiro atoms. The first-order valence-electron chi connectivity index (χ1n) is 11.6. The topological polar surface area (TPSA) is 67.0 Å². The van der Waals surface area contributed by atoms with Gasteiger partial charge in [-0.2, -0.15) is 5.26 Å². The molecule has 0 amide bonds. The van der Waals surface area contributed by atoms with Crippen LogP contribution >= 0.6 is 0 Å². The van der Waals surface area contributed by atoms with Crippen LogP contribution in [0.15, 0.2) is 48.8 Å². The molecule has 5 rings (SSSR count). The van der Waals surface area contributed by atoms with Gasteiger partial charge in [-0.05, 0) is 36.2 Å². The van der Waals surface area contributed by atoms with E-state index in [0.717, 1.165) is 53.2 Å². The third-order valence-corrected chi connectivity index (χ3v) is 8.04. The first-order valence-corrected chi connectivity index (χ1v) is 15.3. The summed E-state index contributed by atoms with van der Waals surface area (Å²) in [6.45, 7) is 10.2. The Morgan fingerprint density at radius 3 is 2.73 bits per heavy atom. The molecule has 4 aromatic rings. The van der Waals surface area contributed by atoms with Crippen molar-refractivity contribution in [2.24, 2.45) is 0 Å². The minimum atomic E-state index is -1.11. The van der Waals surface area contributed by atoms with Crippen molar-refractivity contribution >= 4 is 41.4 Å². The summed E-state index contributed by atoms with van der Waals surface area (Å²) in [6.07, 6.45) is 4.79. The van der Waals surface area contributed by atoms with Gasteiger partial charge in [-0.25, -0.2) is 9.97 Å². The van der Waals surface area contributed by atoms with E-state index in [9.17, 15) is 5.26 Å². The average molecular weight is 456 g/mol. The van der Waals surface area contributed by atoms with Gasteiger partial charge in [0, 0.05) is 44.2 Å². The average Bonchev–Trinajstić information content (AvgIpc) is 3.37. The molecule has 0 unspecified atom stereocenters. The predicted molar refractivity (Wildman–Crippen MR) is 136 cm³/mol. The molecule has 0 saturated heterocycles. The fourth-order valence-electron chi connectivity index (χ4n) is 4.53. The highest BCUT2D eigenvalue weighted by atomic mass is 28.3. The molecule has 0 fully saturated rings. The molecule has 0 radical (unpaired) electrons. The minimum Gasteiger partial charge on any atom is -0.380 e. The quantitative estimate of drug-likeness (QED) is 0.272. The summed E-state index contributed by atoms with van der Waals surface area (Å²) in [5, 5.41) is 11.5. The van der Waals surface area contributed by atoms with Crippen LogP contribution in [0.25, 0.3) is 21.9 Å². The standard InChI is InChI=1S/C26H29N5OSi/c1-33(2,3)13-12-32-11-10-31-25-18-28-20(16-27)14-22(25)23-15-21(17-29-26(23)31)30-9-8-19-6-4-5-7-24(19)30/h4-7,14-15,17-18H,8-13H2,1-3H3. The van der Waals surface area contributed by atoms with E-state index in [0.29, 0.717) is 18.8 Å². The van der Waals surface area contributed by atoms with Crippen LogP contribution in [0.5, 0.6) is 0 Å². The Hall–Kier alpha value is -3.21. The molecule has 6 nitrogen and oxygen atoms in total. The van der Waals surface area contributed by atoms with Crippen LogP contribution in [0.2, 0.25) is 25.7 Å². The van der Waals surface area contributed by atoms with Crippen molar-refractivity contribution in [3.63, 3.8) is 0 Å². The third kappa shape index (κ3) is 4.24. The summed E-state index contributed by atoms with van der Waals surface area (Å²) in [6, 6.07) is 16.0. The van der Waals surface area contributed by atoms with E-state index in [2.05, 4.69) is 70.5 Å². The van der Waals surface area contributed by atoms with Gasteiger partial charge in [-0.1, -0.05) is 37.8 Å². The lowest BCUT2D eigenvalue weighted by molar-refractivity contribution is 0.140. The first kappa shape index (κ1) is 21.6. The largest absolute Gasteiger partial charge is 0.380 e. The summed E-state index contributed by atoms with van der Waals surface area (Å²) >= 11 is 0. The van der Waals surface area contributed by atoms with Crippen molar-refractivity contribution in [2.45, 2.75) is 38.7 Å². The maximum Gasteiger partial charge on any atom is 0.141 e. The Balaban J connectivity index is 1.51. The van der Waals surface area contributed by atoms with Crippen LogP contribution < -0.4 is 4.90 Å². The Bertz CT molecular complexity index is 1370. The lowest BCUT2D eigenvalue weighted by Gasteiger charge is -2.19. The lowest BCUT2D eigenvalue weighted by Crippen LogP contribution is -2.22. The van der Waals surface area contributed by atoms with Crippen LogP contribution in [0.4, 0.5) is 11.4 Å². The summed E-state index contributed by atoms with van der Waals surface area (Å²) in [5.74, 6) is 0. The number of ether oxygens (including phenoxy) is 1. The zero-order chi connectivity index (χ0) is 23.0. The van der Waals surface area contributed by atoms with Crippen LogP contribution in [-0.2, 0) is 17.7 Å². The minimum absolute atomic E-state index is 0.421. The monoisotopic (exact) mass is 455 g/mol. The smallest absolute Gasteiger partial charge is 0.141 e. The fourth-order valence-corrected chi connectivity index (χ4v) is 5.29. The number of hydrogen-bond acceptors (Lipinski definition) is 5. The predicted octanol–water partition coefficient (Wildman–Crippen LogP) is 5.51. The number of nitrogens with zero attached hydrogens (tertiary/aromatic N) is 5. The Morgan fingerprint density at radius 1 is 1.06 bits per heavy atom. The molecule has 1 aliphatic heterocycles. The fraction of sp³-hybridized carbons (Fsp3) is 0.346. The van der Waals surface area contributed by atoms with Crippen LogP contribution in [-0.4, -0.2) is 42.4 Å². The molecule has 0 saturated carbocycles. The zero-order valence-corrected chi connectivity index (χ0v) is 20.5. The number of rotatable bonds is 7. The molecular formula is C26H29N5OSi. The van der Waals surface area contributed by atoms with Crippen molar-refractivity contribution < 1.29 is 4.74 Å². The van der Waals surface area contributed by atoms with Gasteiger partial charge in [-0.3, -0.25) is 0 Å². The molecule has 0 bridgehead atoms. The number of pyridine rings is 2. The number of para-hydroxylation sites is 1. The number of fused-ring (bicyclic) bond motifs is 4. The van der Waals surface area contributed by atoms with Crippen LogP contribution in [0.3, 0.4) is 0 Å². The maximum absolute atomic E-state index is 9.42. The molecular weight excluding hydrogens is 426 g/mol. The van der Waals surface area contributed by atoms with Gasteiger partial charge >= 0.3 is 0 Å². The first-order chi connectivity index (χ1) is 15.9. The highest BCUT2D eigenvalue weighted by molar-refractivity contribution is 6.76. The summed E-state index contributed by atoms with van der Waals surface area (Å²) in [5.41, 5.74) is 6.01. The van der Waals surface area contributed by atoms with E-state index in [1.807, 2.05) is 12.3 Å². The second kappa shape index (κ2) is 8.62. The molecule has 168 valence electrons. The van der Waals surface area contributed by atoms with Gasteiger partial charge in [0.1, 0.15) is 17.4 Å². The van der Waals surface area contributed by atoms with E-state index < -0.39 is 8.07 Å². The lowest BCUT2D eigenvalue weighted by atomic mass is 10.1. The Morgan fingerprint density at radius 2 is 1.91 bits per heavy atom. The van der Waals surface area contributed by atoms with E-state index in [1.54, 1.807) is 6.20 Å². The molecule has 3 aromatic heterocycles. The van der Waals surface area contributed by atoms with Gasteiger partial charge in [0.15, 0.2) is 0 Å². The van der Waals surface area contributed by atoms with Crippen molar-refractivity contribution in [3.05, 3.63) is 60.0 Å². The Labute approximate surface area is 195 Å². The molecule has 0 N–H and O–H groups in total. The normalized spacial score (nSPS) is 13.6. The maximum atomic E-state index is 9.42. The molecule has 33 heavy (non-hydrogen) atoms. The van der Waals surface area contributed by atoms with E-state index in [4.69, 9.17) is 9.72 Å². The summed E-state index contributed by atoms with van der Waals surface area (Å²) < 4.78 is 8.15. The van der Waals surface area contributed by atoms with Crippen molar-refractivity contribution in [1.82, 2.24) is 14.5 Å². The van der Waals surface area contributed by atoms with Gasteiger partial charge < -0.3 is 14.2 Å². The molecule has 0 atom stereocenters. The molecule has 1 aliphatic rings. The highest BCUT2D eigenvalue weighted by Crippen LogP contribution is 2.37. The van der Waals surface area contributed by atoms with Crippen molar-refractivity contribution in [3.8, 4) is 6.07 Å².